The Balaban J connectivity index is 1.57. The summed E-state index contributed by atoms with van der Waals surface area (Å²) < 4.78 is 5.23. The van der Waals surface area contributed by atoms with E-state index in [0.717, 1.165) is 5.56 Å². The number of carbonyl (C=O) groups excluding carboxylic acids is 1. The monoisotopic (exact) mass is 348 g/mol. The van der Waals surface area contributed by atoms with Gasteiger partial charge in [-0.15, -0.1) is 0 Å². The molecule has 1 aromatic carbocycles. The van der Waals surface area contributed by atoms with Gasteiger partial charge in [-0.05, 0) is 25.3 Å². The third-order valence-electron chi connectivity index (χ3n) is 4.30. The fraction of sp³-hybridized carbons (Fsp3) is 0.353. The summed E-state index contributed by atoms with van der Waals surface area (Å²) in [7, 11) is 0. The Bertz CT molecular complexity index is 759. The number of halogens is 1. The molecule has 7 heteroatoms. The lowest BCUT2D eigenvalue weighted by molar-refractivity contribution is -0.141. The SMILES string of the molecule is O=C(O)[C@H]1CC[C@@H](C(=O)NCc2cc(-c3ccccc3Cl)no2)C1. The topological polar surface area (TPSA) is 92.4 Å². The molecule has 2 aromatic rings. The molecule has 1 amide bonds. The van der Waals surface area contributed by atoms with Crippen molar-refractivity contribution in [2.75, 3.05) is 0 Å². The molecule has 24 heavy (non-hydrogen) atoms. The zero-order valence-corrected chi connectivity index (χ0v) is 13.6. The molecule has 126 valence electrons. The maximum Gasteiger partial charge on any atom is 0.306 e. The summed E-state index contributed by atoms with van der Waals surface area (Å²) in [5.74, 6) is -1.12. The molecule has 1 aromatic heterocycles. The van der Waals surface area contributed by atoms with Crippen LogP contribution in [0.5, 0.6) is 0 Å². The van der Waals surface area contributed by atoms with E-state index in [1.807, 2.05) is 18.2 Å². The zero-order chi connectivity index (χ0) is 17.1. The fourth-order valence-corrected chi connectivity index (χ4v) is 3.19. The molecule has 0 unspecified atom stereocenters. The summed E-state index contributed by atoms with van der Waals surface area (Å²) in [6.45, 7) is 0.213. The van der Waals surface area contributed by atoms with Crippen molar-refractivity contribution in [3.8, 4) is 11.3 Å². The minimum atomic E-state index is -0.829. The van der Waals surface area contributed by atoms with Crippen molar-refractivity contribution in [1.29, 1.82) is 0 Å². The second-order valence-electron chi connectivity index (χ2n) is 5.92. The second kappa shape index (κ2) is 7.05. The van der Waals surface area contributed by atoms with E-state index in [2.05, 4.69) is 10.5 Å². The van der Waals surface area contributed by atoms with Crippen molar-refractivity contribution >= 4 is 23.5 Å². The van der Waals surface area contributed by atoms with Crippen LogP contribution in [0.1, 0.15) is 25.0 Å². The molecule has 0 bridgehead atoms. The lowest BCUT2D eigenvalue weighted by Gasteiger charge is -2.09. The van der Waals surface area contributed by atoms with Gasteiger partial charge in [0.05, 0.1) is 17.5 Å². The van der Waals surface area contributed by atoms with Gasteiger partial charge in [0.1, 0.15) is 5.69 Å². The molecular formula is C17H17ClN2O4. The standard InChI is InChI=1S/C17H17ClN2O4/c18-14-4-2-1-3-13(14)15-8-12(24-20-15)9-19-16(21)10-5-6-11(7-10)17(22)23/h1-4,8,10-11H,5-7,9H2,(H,19,21)(H,22,23)/t10-,11+/m1/s1. The highest BCUT2D eigenvalue weighted by atomic mass is 35.5. The predicted molar refractivity (Wildman–Crippen MR) is 87.3 cm³/mol. The highest BCUT2D eigenvalue weighted by molar-refractivity contribution is 6.33. The third-order valence-corrected chi connectivity index (χ3v) is 4.63. The molecule has 0 radical (unpaired) electrons. The molecule has 1 fully saturated rings. The van der Waals surface area contributed by atoms with E-state index in [4.69, 9.17) is 21.2 Å². The number of nitrogens with one attached hydrogen (secondary N) is 1. The number of benzene rings is 1. The quantitative estimate of drug-likeness (QED) is 0.866. The first-order valence-corrected chi connectivity index (χ1v) is 8.13. The van der Waals surface area contributed by atoms with Gasteiger partial charge >= 0.3 is 5.97 Å². The molecule has 0 saturated heterocycles. The first kappa shape index (κ1) is 16.5. The number of amides is 1. The van der Waals surface area contributed by atoms with Gasteiger partial charge in [-0.1, -0.05) is 35.0 Å². The maximum absolute atomic E-state index is 12.1. The Morgan fingerprint density at radius 2 is 2.04 bits per heavy atom. The highest BCUT2D eigenvalue weighted by Gasteiger charge is 2.33. The Morgan fingerprint density at radius 1 is 1.29 bits per heavy atom. The smallest absolute Gasteiger partial charge is 0.306 e. The summed E-state index contributed by atoms with van der Waals surface area (Å²) in [5, 5.41) is 16.3. The number of nitrogens with zero attached hydrogens (tertiary/aromatic N) is 1. The lowest BCUT2D eigenvalue weighted by atomic mass is 10.0. The van der Waals surface area contributed by atoms with Gasteiger partial charge < -0.3 is 14.9 Å². The average molecular weight is 349 g/mol. The predicted octanol–water partition coefficient (Wildman–Crippen LogP) is 3.11. The summed E-state index contributed by atoms with van der Waals surface area (Å²) in [6, 6.07) is 9.03. The lowest BCUT2D eigenvalue weighted by Crippen LogP contribution is -2.29. The highest BCUT2D eigenvalue weighted by Crippen LogP contribution is 2.31. The van der Waals surface area contributed by atoms with Crippen LogP contribution < -0.4 is 5.32 Å². The summed E-state index contributed by atoms with van der Waals surface area (Å²) in [4.78, 5) is 23.1. The second-order valence-corrected chi connectivity index (χ2v) is 6.33. The Morgan fingerprint density at radius 3 is 2.75 bits per heavy atom. The summed E-state index contributed by atoms with van der Waals surface area (Å²) in [6.07, 6.45) is 1.54. The van der Waals surface area contributed by atoms with Crippen LogP contribution >= 0.6 is 11.6 Å². The van der Waals surface area contributed by atoms with E-state index in [9.17, 15) is 9.59 Å². The third kappa shape index (κ3) is 3.59. The minimum absolute atomic E-state index is 0.144. The van der Waals surface area contributed by atoms with E-state index in [0.29, 0.717) is 35.7 Å². The van der Waals surface area contributed by atoms with E-state index >= 15 is 0 Å². The van der Waals surface area contributed by atoms with Gasteiger partial charge in [-0.25, -0.2) is 0 Å². The number of hydrogen-bond acceptors (Lipinski definition) is 4. The van der Waals surface area contributed by atoms with Crippen molar-refractivity contribution in [3.05, 3.63) is 41.1 Å². The number of aromatic nitrogens is 1. The number of carbonyl (C=O) groups is 2. The first-order chi connectivity index (χ1) is 11.5. The van der Waals surface area contributed by atoms with E-state index in [1.54, 1.807) is 12.1 Å². The molecule has 1 aliphatic rings. The van der Waals surface area contributed by atoms with Crippen LogP contribution in [0, 0.1) is 11.8 Å². The van der Waals surface area contributed by atoms with Crippen LogP contribution in [0.3, 0.4) is 0 Å². The van der Waals surface area contributed by atoms with Crippen LogP contribution in [0.15, 0.2) is 34.9 Å². The van der Waals surface area contributed by atoms with E-state index < -0.39 is 11.9 Å². The maximum atomic E-state index is 12.1. The van der Waals surface area contributed by atoms with Gasteiger partial charge in [0.25, 0.3) is 0 Å². The van der Waals surface area contributed by atoms with Crippen molar-refractivity contribution in [2.45, 2.75) is 25.8 Å². The Kier molecular flexibility index (Phi) is 4.85. The van der Waals surface area contributed by atoms with Crippen LogP contribution in [0.25, 0.3) is 11.3 Å². The van der Waals surface area contributed by atoms with Crippen LogP contribution in [0.2, 0.25) is 5.02 Å². The molecule has 2 N–H and O–H groups in total. The molecule has 1 heterocycles. The molecule has 1 saturated carbocycles. The van der Waals surface area contributed by atoms with E-state index in [1.165, 1.54) is 0 Å². The summed E-state index contributed by atoms with van der Waals surface area (Å²) in [5.41, 5.74) is 1.37. The van der Waals surface area contributed by atoms with Gasteiger partial charge in [-0.3, -0.25) is 9.59 Å². The number of carboxylic acids is 1. The molecule has 0 aliphatic heterocycles. The molecular weight excluding hydrogens is 332 g/mol. The van der Waals surface area contributed by atoms with Gasteiger partial charge in [0, 0.05) is 17.5 Å². The molecule has 3 rings (SSSR count). The average Bonchev–Trinajstić information content (AvgIpc) is 3.22. The molecule has 6 nitrogen and oxygen atoms in total. The Labute approximate surface area is 143 Å². The Hall–Kier alpha value is -2.34. The van der Waals surface area contributed by atoms with E-state index in [-0.39, 0.29) is 18.4 Å². The first-order valence-electron chi connectivity index (χ1n) is 7.75. The molecule has 2 atom stereocenters. The number of rotatable bonds is 5. The number of aliphatic carboxylic acids is 1. The van der Waals surface area contributed by atoms with Crippen molar-refractivity contribution in [2.24, 2.45) is 11.8 Å². The van der Waals surface area contributed by atoms with Crippen LogP contribution in [-0.2, 0) is 16.1 Å². The fourth-order valence-electron chi connectivity index (χ4n) is 2.95. The van der Waals surface area contributed by atoms with Crippen LogP contribution in [-0.4, -0.2) is 22.1 Å². The molecule has 0 spiro atoms. The number of carboxylic acid groups (broad SMARTS) is 1. The minimum Gasteiger partial charge on any atom is -0.481 e. The summed E-state index contributed by atoms with van der Waals surface area (Å²) >= 11 is 6.12. The largest absolute Gasteiger partial charge is 0.481 e. The van der Waals surface area contributed by atoms with Crippen LogP contribution in [0.4, 0.5) is 0 Å². The normalized spacial score (nSPS) is 20.0. The van der Waals surface area contributed by atoms with Crippen molar-refractivity contribution in [3.63, 3.8) is 0 Å². The molecule has 1 aliphatic carbocycles. The number of hydrogen-bond donors (Lipinski definition) is 2. The zero-order valence-electron chi connectivity index (χ0n) is 12.9. The van der Waals surface area contributed by atoms with Gasteiger partial charge in [0.15, 0.2) is 5.76 Å². The van der Waals surface area contributed by atoms with Crippen molar-refractivity contribution in [1.82, 2.24) is 10.5 Å². The van der Waals surface area contributed by atoms with Gasteiger partial charge in [-0.2, -0.15) is 0 Å². The van der Waals surface area contributed by atoms with Gasteiger partial charge in [0.2, 0.25) is 5.91 Å². The van der Waals surface area contributed by atoms with Crippen molar-refractivity contribution < 1.29 is 19.2 Å².